The van der Waals surface area contributed by atoms with Crippen molar-refractivity contribution in [3.63, 3.8) is 0 Å². The molecule has 0 unspecified atom stereocenters. The topological polar surface area (TPSA) is 53.1 Å². The van der Waals surface area contributed by atoms with E-state index in [1.165, 1.54) is 22.6 Å². The lowest BCUT2D eigenvalue weighted by Crippen LogP contribution is -2.32. The van der Waals surface area contributed by atoms with Crippen molar-refractivity contribution in [3.05, 3.63) is 83.7 Å². The van der Waals surface area contributed by atoms with Crippen LogP contribution in [0, 0.1) is 11.2 Å². The molecule has 132 valence electrons. The van der Waals surface area contributed by atoms with E-state index < -0.39 is 0 Å². The zero-order valence-electron chi connectivity index (χ0n) is 14.7. The summed E-state index contributed by atoms with van der Waals surface area (Å²) in [4.78, 5) is 1.71. The van der Waals surface area contributed by atoms with Crippen LogP contribution in [-0.2, 0) is 12.8 Å². The molecule has 0 heterocycles. The van der Waals surface area contributed by atoms with Crippen LogP contribution in [0.1, 0.15) is 11.1 Å². The molecule has 0 aliphatic heterocycles. The van der Waals surface area contributed by atoms with Crippen LogP contribution < -0.4 is 10.6 Å². The number of nitrogens with zero attached hydrogens (tertiary/aromatic N) is 1. The van der Waals surface area contributed by atoms with Gasteiger partial charge in [0.2, 0.25) is 0 Å². The lowest BCUT2D eigenvalue weighted by molar-refractivity contribution is 0.640. The van der Waals surface area contributed by atoms with E-state index in [0.717, 1.165) is 29.3 Å². The molecule has 3 N–H and O–H groups in total. The summed E-state index contributed by atoms with van der Waals surface area (Å²) in [6.07, 6.45) is 2.07. The van der Waals surface area contributed by atoms with E-state index in [1.807, 2.05) is 24.3 Å². The van der Waals surface area contributed by atoms with E-state index in [2.05, 4.69) is 24.3 Å². The second kappa shape index (κ2) is 5.81. The molecular formula is C23H18FN3. The monoisotopic (exact) mass is 355 g/mol. The maximum atomic E-state index is 14.3. The molecule has 27 heavy (non-hydrogen) atoms. The van der Waals surface area contributed by atoms with Crippen molar-refractivity contribution in [2.24, 2.45) is 5.73 Å². The van der Waals surface area contributed by atoms with Gasteiger partial charge >= 0.3 is 0 Å². The minimum Gasteiger partial charge on any atom is -0.369 e. The van der Waals surface area contributed by atoms with Gasteiger partial charge in [0.05, 0.1) is 11.4 Å². The molecule has 1 aliphatic carbocycles. The normalized spacial score (nSPS) is 12.6. The Hall–Kier alpha value is -3.40. The lowest BCUT2D eigenvalue weighted by Gasteiger charge is -2.26. The largest absolute Gasteiger partial charge is 0.369 e. The first-order valence-electron chi connectivity index (χ1n) is 9.00. The van der Waals surface area contributed by atoms with E-state index in [9.17, 15) is 4.39 Å². The summed E-state index contributed by atoms with van der Waals surface area (Å²) >= 11 is 0. The number of hydrogen-bond acceptors (Lipinski definition) is 1. The third kappa shape index (κ3) is 2.30. The Balaban J connectivity index is 1.83. The number of halogens is 1. The zero-order valence-corrected chi connectivity index (χ0v) is 14.7. The first-order valence-corrected chi connectivity index (χ1v) is 9.00. The molecule has 0 fully saturated rings. The maximum absolute atomic E-state index is 14.3. The minimum absolute atomic E-state index is 0.0922. The zero-order chi connectivity index (χ0) is 18.5. The summed E-state index contributed by atoms with van der Waals surface area (Å²) in [5.74, 6) is -0.372. The number of fused-ring (bicyclic) bond motifs is 1. The van der Waals surface area contributed by atoms with Gasteiger partial charge in [-0.2, -0.15) is 0 Å². The molecule has 0 atom stereocenters. The van der Waals surface area contributed by atoms with Gasteiger partial charge in [0, 0.05) is 16.2 Å². The Morgan fingerprint density at radius 2 is 1.41 bits per heavy atom. The van der Waals surface area contributed by atoms with Crippen LogP contribution >= 0.6 is 0 Å². The highest BCUT2D eigenvalue weighted by molar-refractivity contribution is 6.13. The first kappa shape index (κ1) is 15.8. The summed E-state index contributed by atoms with van der Waals surface area (Å²) in [7, 11) is 0. The van der Waals surface area contributed by atoms with Crippen LogP contribution in [0.25, 0.3) is 21.5 Å². The smallest absolute Gasteiger partial charge is 0.197 e. The van der Waals surface area contributed by atoms with Gasteiger partial charge in [-0.3, -0.25) is 10.3 Å². The molecule has 0 bridgehead atoms. The van der Waals surface area contributed by atoms with Crippen LogP contribution in [0.15, 0.2) is 66.7 Å². The third-order valence-corrected chi connectivity index (χ3v) is 5.42. The number of guanidine groups is 1. The molecule has 1 aliphatic rings. The number of nitrogens with one attached hydrogen (secondary N) is 1. The van der Waals surface area contributed by atoms with Gasteiger partial charge in [0.1, 0.15) is 5.82 Å². The molecular weight excluding hydrogens is 337 g/mol. The maximum Gasteiger partial charge on any atom is 0.197 e. The molecule has 0 radical (unpaired) electrons. The van der Waals surface area contributed by atoms with Gasteiger partial charge in [-0.15, -0.1) is 0 Å². The van der Waals surface area contributed by atoms with Crippen molar-refractivity contribution in [1.29, 1.82) is 5.41 Å². The second-order valence-corrected chi connectivity index (χ2v) is 6.92. The predicted octanol–water partition coefficient (Wildman–Crippen LogP) is 5.26. The average molecular weight is 355 g/mol. The fourth-order valence-electron chi connectivity index (χ4n) is 4.26. The summed E-state index contributed by atoms with van der Waals surface area (Å²) in [5.41, 5.74) is 10.2. The molecule has 0 saturated heterocycles. The highest BCUT2D eigenvalue weighted by Gasteiger charge is 2.22. The van der Waals surface area contributed by atoms with E-state index in [1.54, 1.807) is 17.0 Å². The highest BCUT2D eigenvalue weighted by atomic mass is 19.1. The number of nitrogens with two attached hydrogens (primary N) is 1. The molecule has 4 heteroatoms. The van der Waals surface area contributed by atoms with Crippen molar-refractivity contribution in [3.8, 4) is 0 Å². The van der Waals surface area contributed by atoms with Gasteiger partial charge in [0.15, 0.2) is 5.96 Å². The summed E-state index contributed by atoms with van der Waals surface area (Å²) in [6, 6.07) is 20.9. The number of rotatable bonds is 2. The van der Waals surface area contributed by atoms with Crippen molar-refractivity contribution in [2.75, 3.05) is 4.90 Å². The lowest BCUT2D eigenvalue weighted by atomic mass is 10.0. The molecule has 0 amide bonds. The van der Waals surface area contributed by atoms with E-state index >= 15 is 0 Å². The Bertz CT molecular complexity index is 1220. The number of hydrogen-bond donors (Lipinski definition) is 2. The SMILES string of the molecule is N=C(N)N(c1ccc(F)c2ccccc12)c1ccc2c3c(cccc13)CC2. The molecule has 0 aromatic heterocycles. The Morgan fingerprint density at radius 1 is 0.778 bits per heavy atom. The fourth-order valence-corrected chi connectivity index (χ4v) is 4.26. The van der Waals surface area contributed by atoms with E-state index in [-0.39, 0.29) is 11.8 Å². The van der Waals surface area contributed by atoms with Gasteiger partial charge in [-0.25, -0.2) is 4.39 Å². The molecule has 4 aromatic carbocycles. The number of aryl methyl sites for hydroxylation is 2. The second-order valence-electron chi connectivity index (χ2n) is 6.92. The quantitative estimate of drug-likeness (QED) is 0.380. The molecule has 0 saturated carbocycles. The van der Waals surface area contributed by atoms with Gasteiger partial charge < -0.3 is 5.73 Å². The van der Waals surface area contributed by atoms with Crippen molar-refractivity contribution >= 4 is 38.9 Å². The Labute approximate surface area is 156 Å². The van der Waals surface area contributed by atoms with Crippen LogP contribution in [0.3, 0.4) is 0 Å². The number of anilines is 2. The first-order chi connectivity index (χ1) is 13.1. The third-order valence-electron chi connectivity index (χ3n) is 5.42. The van der Waals surface area contributed by atoms with Crippen molar-refractivity contribution in [1.82, 2.24) is 0 Å². The van der Waals surface area contributed by atoms with Crippen molar-refractivity contribution < 1.29 is 4.39 Å². The van der Waals surface area contributed by atoms with Crippen LogP contribution in [0.5, 0.6) is 0 Å². The molecule has 5 rings (SSSR count). The average Bonchev–Trinajstić information content (AvgIpc) is 3.10. The van der Waals surface area contributed by atoms with Crippen LogP contribution in [0.4, 0.5) is 15.8 Å². The predicted molar refractivity (Wildman–Crippen MR) is 109 cm³/mol. The van der Waals surface area contributed by atoms with Gasteiger partial charge in [0.25, 0.3) is 0 Å². The fraction of sp³-hybridized carbons (Fsp3) is 0.0870. The minimum atomic E-state index is -0.279. The van der Waals surface area contributed by atoms with E-state index in [4.69, 9.17) is 11.1 Å². The van der Waals surface area contributed by atoms with Crippen LogP contribution in [0.2, 0.25) is 0 Å². The Kier molecular flexibility index (Phi) is 3.41. The molecule has 4 aromatic rings. The summed E-state index contributed by atoms with van der Waals surface area (Å²) < 4.78 is 14.3. The van der Waals surface area contributed by atoms with Gasteiger partial charge in [-0.1, -0.05) is 48.5 Å². The van der Waals surface area contributed by atoms with Crippen molar-refractivity contribution in [2.45, 2.75) is 12.8 Å². The number of benzene rings is 4. The summed E-state index contributed by atoms with van der Waals surface area (Å²) in [6.45, 7) is 0. The van der Waals surface area contributed by atoms with E-state index in [0.29, 0.717) is 11.1 Å². The molecule has 3 nitrogen and oxygen atoms in total. The molecule has 0 spiro atoms. The highest BCUT2D eigenvalue weighted by Crippen LogP contribution is 2.40. The van der Waals surface area contributed by atoms with Crippen LogP contribution in [-0.4, -0.2) is 5.96 Å². The summed E-state index contributed by atoms with van der Waals surface area (Å²) in [5, 5.41) is 11.8. The van der Waals surface area contributed by atoms with Gasteiger partial charge in [-0.05, 0) is 47.6 Å². The standard InChI is InChI=1S/C23H18FN3/c24-19-11-13-20(17-6-2-1-5-16(17)19)27(23(25)26)21-12-10-15-9-8-14-4-3-7-18(21)22(14)15/h1-7,10-13H,8-9H2,(H3,25,26). The Morgan fingerprint density at radius 3 is 2.19 bits per heavy atom.